The van der Waals surface area contributed by atoms with E-state index in [4.69, 9.17) is 4.74 Å². The second-order valence-electron chi connectivity index (χ2n) is 7.29. The van der Waals surface area contributed by atoms with Gasteiger partial charge in [0.1, 0.15) is 23.4 Å². The highest BCUT2D eigenvalue weighted by atomic mass is 19.1. The summed E-state index contributed by atoms with van der Waals surface area (Å²) in [7, 11) is 0. The Hall–Kier alpha value is -4.27. The Morgan fingerprint density at radius 3 is 2.27 bits per heavy atom. The van der Waals surface area contributed by atoms with Crippen LogP contribution in [0.3, 0.4) is 0 Å². The van der Waals surface area contributed by atoms with Crippen LogP contribution in [0.25, 0.3) is 0 Å². The number of rotatable bonds is 6. The van der Waals surface area contributed by atoms with Crippen molar-refractivity contribution in [3.8, 4) is 5.75 Å². The van der Waals surface area contributed by atoms with E-state index in [1.54, 1.807) is 24.3 Å². The second-order valence-corrected chi connectivity index (χ2v) is 7.29. The predicted molar refractivity (Wildman–Crippen MR) is 118 cm³/mol. The third kappa shape index (κ3) is 5.15. The SMILES string of the molecule is O=C(C[C@@H]1C(=O)Nc2ccccc2N1C(=O)COc1ccc(F)cc1)Nc1ccc(F)cc1. The zero-order chi connectivity index (χ0) is 23.4. The Morgan fingerprint density at radius 2 is 1.58 bits per heavy atom. The zero-order valence-electron chi connectivity index (χ0n) is 17.3. The number of halogens is 2. The molecule has 0 spiro atoms. The Bertz CT molecular complexity index is 1180. The molecule has 0 bridgehead atoms. The Labute approximate surface area is 188 Å². The van der Waals surface area contributed by atoms with Gasteiger partial charge >= 0.3 is 0 Å². The van der Waals surface area contributed by atoms with Crippen molar-refractivity contribution in [1.82, 2.24) is 0 Å². The number of nitrogens with one attached hydrogen (secondary N) is 2. The highest BCUT2D eigenvalue weighted by Gasteiger charge is 2.38. The largest absolute Gasteiger partial charge is 0.484 e. The van der Waals surface area contributed by atoms with Crippen LogP contribution in [0.5, 0.6) is 5.75 Å². The van der Waals surface area contributed by atoms with Gasteiger partial charge in [0.25, 0.3) is 5.91 Å². The van der Waals surface area contributed by atoms with E-state index in [1.807, 2.05) is 0 Å². The molecule has 1 heterocycles. The highest BCUT2D eigenvalue weighted by Crippen LogP contribution is 2.33. The second kappa shape index (κ2) is 9.47. The third-order valence-electron chi connectivity index (χ3n) is 4.99. The highest BCUT2D eigenvalue weighted by molar-refractivity contribution is 6.14. The normalized spacial score (nSPS) is 14.8. The van der Waals surface area contributed by atoms with Crippen LogP contribution in [0.2, 0.25) is 0 Å². The molecule has 1 atom stereocenters. The lowest BCUT2D eigenvalue weighted by Gasteiger charge is -2.36. The van der Waals surface area contributed by atoms with Crippen LogP contribution in [-0.4, -0.2) is 30.4 Å². The zero-order valence-corrected chi connectivity index (χ0v) is 17.3. The number of para-hydroxylation sites is 2. The van der Waals surface area contributed by atoms with E-state index in [-0.39, 0.29) is 12.2 Å². The van der Waals surface area contributed by atoms with E-state index in [1.165, 1.54) is 53.4 Å². The minimum Gasteiger partial charge on any atom is -0.484 e. The molecule has 9 heteroatoms. The summed E-state index contributed by atoms with van der Waals surface area (Å²) in [4.78, 5) is 39.7. The average Bonchev–Trinajstić information content (AvgIpc) is 2.80. The first-order chi connectivity index (χ1) is 15.9. The topological polar surface area (TPSA) is 87.7 Å². The van der Waals surface area contributed by atoms with Crippen LogP contribution in [0.1, 0.15) is 6.42 Å². The maximum atomic E-state index is 13.1. The van der Waals surface area contributed by atoms with E-state index in [0.717, 1.165) is 0 Å². The van der Waals surface area contributed by atoms with Crippen LogP contribution in [0.4, 0.5) is 25.8 Å². The molecule has 0 aliphatic carbocycles. The number of ether oxygens (including phenoxy) is 1. The van der Waals surface area contributed by atoms with Crippen molar-refractivity contribution < 1.29 is 27.9 Å². The summed E-state index contributed by atoms with van der Waals surface area (Å²) in [5.74, 6) is -2.22. The molecular formula is C24H19F2N3O4. The fourth-order valence-electron chi connectivity index (χ4n) is 3.45. The Morgan fingerprint density at radius 1 is 0.939 bits per heavy atom. The summed E-state index contributed by atoms with van der Waals surface area (Å²) in [5.41, 5.74) is 1.20. The van der Waals surface area contributed by atoms with Gasteiger partial charge in [0.05, 0.1) is 17.8 Å². The first kappa shape index (κ1) is 21.9. The molecule has 3 amide bonds. The standard InChI is InChI=1S/C24H19F2N3O4/c25-15-5-9-17(10-6-15)27-22(30)13-21-24(32)28-19-3-1-2-4-20(19)29(21)23(31)14-33-18-11-7-16(26)8-12-18/h1-12,21H,13-14H2,(H,27,30)(H,28,32)/t21-/m1/s1. The molecule has 0 saturated carbocycles. The van der Waals surface area contributed by atoms with Crippen LogP contribution < -0.4 is 20.3 Å². The lowest BCUT2D eigenvalue weighted by Crippen LogP contribution is -2.53. The van der Waals surface area contributed by atoms with Crippen molar-refractivity contribution in [3.63, 3.8) is 0 Å². The van der Waals surface area contributed by atoms with E-state index < -0.39 is 42.0 Å². The number of hydrogen-bond donors (Lipinski definition) is 2. The van der Waals surface area contributed by atoms with Crippen molar-refractivity contribution in [2.45, 2.75) is 12.5 Å². The predicted octanol–water partition coefficient (Wildman–Crippen LogP) is 3.73. The average molecular weight is 451 g/mol. The maximum absolute atomic E-state index is 13.1. The molecule has 2 N–H and O–H groups in total. The molecule has 0 unspecified atom stereocenters. The van der Waals surface area contributed by atoms with Gasteiger partial charge in [0.2, 0.25) is 11.8 Å². The van der Waals surface area contributed by atoms with Gasteiger partial charge in [-0.05, 0) is 60.7 Å². The minimum atomic E-state index is -1.13. The number of carbonyl (C=O) groups is 3. The molecule has 1 aliphatic rings. The summed E-state index contributed by atoms with van der Waals surface area (Å²) < 4.78 is 31.7. The quantitative estimate of drug-likeness (QED) is 0.598. The van der Waals surface area contributed by atoms with Gasteiger partial charge in [0, 0.05) is 5.69 Å². The Balaban J connectivity index is 1.53. The monoisotopic (exact) mass is 451 g/mol. The van der Waals surface area contributed by atoms with Gasteiger partial charge in [-0.25, -0.2) is 8.78 Å². The summed E-state index contributed by atoms with van der Waals surface area (Å²) in [6, 6.07) is 15.9. The van der Waals surface area contributed by atoms with Crippen molar-refractivity contribution in [2.75, 3.05) is 22.1 Å². The molecule has 0 fully saturated rings. The Kier molecular flexibility index (Phi) is 6.30. The van der Waals surface area contributed by atoms with Crippen LogP contribution in [-0.2, 0) is 14.4 Å². The number of amides is 3. The summed E-state index contributed by atoms with van der Waals surface area (Å²) in [6.45, 7) is -0.427. The van der Waals surface area contributed by atoms with E-state index in [2.05, 4.69) is 10.6 Å². The number of fused-ring (bicyclic) bond motifs is 1. The van der Waals surface area contributed by atoms with Crippen molar-refractivity contribution >= 4 is 34.8 Å². The first-order valence-corrected chi connectivity index (χ1v) is 10.1. The number of anilines is 3. The molecule has 168 valence electrons. The van der Waals surface area contributed by atoms with Crippen LogP contribution in [0.15, 0.2) is 72.8 Å². The van der Waals surface area contributed by atoms with Crippen molar-refractivity contribution in [3.05, 3.63) is 84.4 Å². The van der Waals surface area contributed by atoms with E-state index >= 15 is 0 Å². The van der Waals surface area contributed by atoms with Crippen molar-refractivity contribution in [2.24, 2.45) is 0 Å². The van der Waals surface area contributed by atoms with Gasteiger partial charge in [-0.3, -0.25) is 19.3 Å². The summed E-state index contributed by atoms with van der Waals surface area (Å²) in [6.07, 6.45) is -0.333. The number of nitrogens with zero attached hydrogens (tertiary/aromatic N) is 1. The molecule has 4 rings (SSSR count). The smallest absolute Gasteiger partial charge is 0.265 e. The molecule has 7 nitrogen and oxygen atoms in total. The number of hydrogen-bond acceptors (Lipinski definition) is 4. The fourth-order valence-corrected chi connectivity index (χ4v) is 3.45. The maximum Gasteiger partial charge on any atom is 0.265 e. The molecule has 1 aliphatic heterocycles. The minimum absolute atomic E-state index is 0.282. The molecule has 0 radical (unpaired) electrons. The van der Waals surface area contributed by atoms with Gasteiger partial charge in [-0.2, -0.15) is 0 Å². The van der Waals surface area contributed by atoms with Gasteiger partial charge in [-0.15, -0.1) is 0 Å². The molecular weight excluding hydrogens is 432 g/mol. The lowest BCUT2D eigenvalue weighted by atomic mass is 10.0. The summed E-state index contributed by atoms with van der Waals surface area (Å²) >= 11 is 0. The van der Waals surface area contributed by atoms with Crippen LogP contribution >= 0.6 is 0 Å². The molecule has 0 aromatic heterocycles. The van der Waals surface area contributed by atoms with Crippen molar-refractivity contribution in [1.29, 1.82) is 0 Å². The van der Waals surface area contributed by atoms with Gasteiger partial charge in [0.15, 0.2) is 6.61 Å². The molecule has 3 aromatic rings. The van der Waals surface area contributed by atoms with Gasteiger partial charge < -0.3 is 15.4 Å². The number of benzene rings is 3. The third-order valence-corrected chi connectivity index (χ3v) is 4.99. The summed E-state index contributed by atoms with van der Waals surface area (Å²) in [5, 5.41) is 5.30. The molecule has 33 heavy (non-hydrogen) atoms. The first-order valence-electron chi connectivity index (χ1n) is 10.1. The molecule has 0 saturated heterocycles. The van der Waals surface area contributed by atoms with Crippen LogP contribution in [0, 0.1) is 11.6 Å². The van der Waals surface area contributed by atoms with E-state index in [9.17, 15) is 23.2 Å². The number of carbonyl (C=O) groups excluding carboxylic acids is 3. The van der Waals surface area contributed by atoms with E-state index in [0.29, 0.717) is 17.1 Å². The molecule has 3 aromatic carbocycles. The van der Waals surface area contributed by atoms with Gasteiger partial charge in [-0.1, -0.05) is 12.1 Å². The fraction of sp³-hybridized carbons (Fsp3) is 0.125. The lowest BCUT2D eigenvalue weighted by molar-refractivity contribution is -0.127.